The smallest absolute Gasteiger partial charge is 0.157 e. The molecule has 3 unspecified atom stereocenters. The molecule has 2 heterocycles. The monoisotopic (exact) mass is 256 g/mol. The van der Waals surface area contributed by atoms with Crippen LogP contribution >= 0.6 is 23.5 Å². The molecule has 1 aliphatic carbocycles. The van der Waals surface area contributed by atoms with Gasteiger partial charge in [-0.25, -0.2) is 0 Å². The largest absolute Gasteiger partial charge is 0.361 e. The third-order valence-corrected chi connectivity index (χ3v) is 6.13. The average molecular weight is 256 g/mol. The molecule has 1 saturated heterocycles. The van der Waals surface area contributed by atoms with E-state index in [1.54, 1.807) is 0 Å². The molecule has 16 heavy (non-hydrogen) atoms. The maximum atomic E-state index is 4.90. The average Bonchev–Trinajstić information content (AvgIpc) is 2.77. The molecule has 2 fully saturated rings. The van der Waals surface area contributed by atoms with Crippen LogP contribution in [0.2, 0.25) is 0 Å². The molecule has 4 heteroatoms. The van der Waals surface area contributed by atoms with Crippen molar-refractivity contribution in [3.05, 3.63) is 0 Å². The summed E-state index contributed by atoms with van der Waals surface area (Å²) in [5, 5.41) is 4.91. The minimum absolute atomic E-state index is 0.653. The fourth-order valence-corrected chi connectivity index (χ4v) is 5.16. The number of aliphatic imine (C=N–C) groups is 1. The maximum Gasteiger partial charge on any atom is 0.157 e. The molecule has 0 spiro atoms. The van der Waals surface area contributed by atoms with Gasteiger partial charge in [-0.3, -0.25) is 4.99 Å². The molecule has 3 aliphatic rings. The summed E-state index contributed by atoms with van der Waals surface area (Å²) in [6.07, 6.45) is 6.84. The van der Waals surface area contributed by atoms with Gasteiger partial charge >= 0.3 is 0 Å². The predicted octanol–water partition coefficient (Wildman–Crippen LogP) is 2.74. The molecule has 1 N–H and O–H groups in total. The molecule has 0 aromatic rings. The highest BCUT2D eigenvalue weighted by atomic mass is 32.2. The van der Waals surface area contributed by atoms with Gasteiger partial charge in [-0.05, 0) is 37.4 Å². The first-order valence-electron chi connectivity index (χ1n) is 6.47. The number of fused-ring (bicyclic) bond motifs is 1. The van der Waals surface area contributed by atoms with Crippen LogP contribution in [-0.4, -0.2) is 34.5 Å². The molecule has 2 nitrogen and oxygen atoms in total. The summed E-state index contributed by atoms with van der Waals surface area (Å²) in [4.78, 5) is 4.90. The summed E-state index contributed by atoms with van der Waals surface area (Å²) in [5.74, 6) is 4.81. The predicted molar refractivity (Wildman–Crippen MR) is 74.5 cm³/mol. The van der Waals surface area contributed by atoms with Gasteiger partial charge in [0.05, 0.1) is 6.04 Å². The van der Waals surface area contributed by atoms with Crippen LogP contribution in [0.25, 0.3) is 0 Å². The minimum Gasteiger partial charge on any atom is -0.361 e. The van der Waals surface area contributed by atoms with Crippen molar-refractivity contribution in [2.75, 3.05) is 17.3 Å². The van der Waals surface area contributed by atoms with Gasteiger partial charge in [-0.15, -0.1) is 0 Å². The van der Waals surface area contributed by atoms with Crippen molar-refractivity contribution >= 4 is 28.7 Å². The van der Waals surface area contributed by atoms with E-state index in [0.717, 1.165) is 5.92 Å². The summed E-state index contributed by atoms with van der Waals surface area (Å²) in [7, 11) is 0. The SMILES string of the molecule is C1CSCC(NC2=NC3CCCC3CS2)C1. The van der Waals surface area contributed by atoms with E-state index in [2.05, 4.69) is 17.1 Å². The van der Waals surface area contributed by atoms with Crippen LogP contribution in [-0.2, 0) is 0 Å². The van der Waals surface area contributed by atoms with E-state index in [1.165, 1.54) is 54.5 Å². The molecule has 3 atom stereocenters. The standard InChI is InChI=1S/C12H20N2S2/c1-3-9-7-16-12(14-11(9)5-1)13-10-4-2-6-15-8-10/h9-11H,1-8H2,(H,13,14). The highest BCUT2D eigenvalue weighted by Gasteiger charge is 2.31. The second-order valence-electron chi connectivity index (χ2n) is 5.06. The Bertz CT molecular complexity index is 274. The van der Waals surface area contributed by atoms with E-state index >= 15 is 0 Å². The van der Waals surface area contributed by atoms with Gasteiger partial charge in [0.2, 0.25) is 0 Å². The minimum atomic E-state index is 0.653. The number of thioether (sulfide) groups is 2. The van der Waals surface area contributed by atoms with Crippen LogP contribution in [0.15, 0.2) is 4.99 Å². The first kappa shape index (κ1) is 11.3. The molecule has 0 amide bonds. The normalized spacial score (nSPS) is 39.0. The van der Waals surface area contributed by atoms with Crippen LogP contribution in [0.4, 0.5) is 0 Å². The zero-order valence-corrected chi connectivity index (χ0v) is 11.3. The molecule has 3 rings (SSSR count). The molecular weight excluding hydrogens is 236 g/mol. The van der Waals surface area contributed by atoms with Crippen LogP contribution in [0, 0.1) is 5.92 Å². The van der Waals surface area contributed by atoms with Gasteiger partial charge in [0.25, 0.3) is 0 Å². The van der Waals surface area contributed by atoms with Gasteiger partial charge in [0.1, 0.15) is 0 Å². The van der Waals surface area contributed by atoms with Crippen molar-refractivity contribution < 1.29 is 0 Å². The van der Waals surface area contributed by atoms with Crippen molar-refractivity contribution in [2.45, 2.75) is 44.2 Å². The first-order valence-corrected chi connectivity index (χ1v) is 8.61. The summed E-state index contributed by atoms with van der Waals surface area (Å²) < 4.78 is 0. The van der Waals surface area contributed by atoms with Gasteiger partial charge < -0.3 is 5.32 Å². The van der Waals surface area contributed by atoms with Crippen molar-refractivity contribution in [3.63, 3.8) is 0 Å². The summed E-state index contributed by atoms with van der Waals surface area (Å²) in [6, 6.07) is 1.34. The Balaban J connectivity index is 1.57. The molecule has 0 bridgehead atoms. The lowest BCUT2D eigenvalue weighted by molar-refractivity contribution is 0.527. The van der Waals surface area contributed by atoms with Crippen molar-refractivity contribution in [3.8, 4) is 0 Å². The zero-order chi connectivity index (χ0) is 10.8. The molecule has 0 radical (unpaired) electrons. The zero-order valence-electron chi connectivity index (χ0n) is 9.65. The molecule has 0 aromatic heterocycles. The highest BCUT2D eigenvalue weighted by molar-refractivity contribution is 8.13. The third kappa shape index (κ3) is 2.53. The number of hydrogen-bond acceptors (Lipinski definition) is 4. The number of nitrogens with zero attached hydrogens (tertiary/aromatic N) is 1. The van der Waals surface area contributed by atoms with Crippen molar-refractivity contribution in [1.82, 2.24) is 5.32 Å². The molecule has 90 valence electrons. The lowest BCUT2D eigenvalue weighted by atomic mass is 10.1. The van der Waals surface area contributed by atoms with E-state index in [4.69, 9.17) is 4.99 Å². The maximum absolute atomic E-state index is 4.90. The van der Waals surface area contributed by atoms with Crippen LogP contribution in [0.5, 0.6) is 0 Å². The Hall–Kier alpha value is 0.170. The topological polar surface area (TPSA) is 24.4 Å². The first-order chi connectivity index (χ1) is 7.92. The van der Waals surface area contributed by atoms with Gasteiger partial charge in [-0.2, -0.15) is 11.8 Å². The second-order valence-corrected chi connectivity index (χ2v) is 7.22. The van der Waals surface area contributed by atoms with Crippen LogP contribution in [0.3, 0.4) is 0 Å². The lowest BCUT2D eigenvalue weighted by Crippen LogP contribution is -2.39. The molecular formula is C12H20N2S2. The van der Waals surface area contributed by atoms with Crippen LogP contribution in [0.1, 0.15) is 32.1 Å². The van der Waals surface area contributed by atoms with Crippen molar-refractivity contribution in [2.24, 2.45) is 10.9 Å². The Labute approximate surface area is 106 Å². The summed E-state index contributed by atoms with van der Waals surface area (Å²) >= 11 is 4.05. The Morgan fingerprint density at radius 3 is 3.00 bits per heavy atom. The number of hydrogen-bond donors (Lipinski definition) is 1. The van der Waals surface area contributed by atoms with E-state index in [9.17, 15) is 0 Å². The fourth-order valence-electron chi connectivity index (χ4n) is 2.86. The fraction of sp³-hybridized carbons (Fsp3) is 0.917. The molecule has 0 aromatic carbocycles. The highest BCUT2D eigenvalue weighted by Crippen LogP contribution is 2.35. The van der Waals surface area contributed by atoms with Gasteiger partial charge in [0.15, 0.2) is 5.17 Å². The van der Waals surface area contributed by atoms with Gasteiger partial charge in [-0.1, -0.05) is 18.2 Å². The molecule has 2 aliphatic heterocycles. The second kappa shape index (κ2) is 5.21. The summed E-state index contributed by atoms with van der Waals surface area (Å²) in [6.45, 7) is 0. The number of nitrogens with one attached hydrogen (secondary N) is 1. The van der Waals surface area contributed by atoms with E-state index < -0.39 is 0 Å². The number of rotatable bonds is 1. The molecule has 1 saturated carbocycles. The number of amidine groups is 1. The van der Waals surface area contributed by atoms with Crippen molar-refractivity contribution in [1.29, 1.82) is 0 Å². The van der Waals surface area contributed by atoms with E-state index in [1.807, 2.05) is 11.8 Å². The Morgan fingerprint density at radius 2 is 2.12 bits per heavy atom. The van der Waals surface area contributed by atoms with Gasteiger partial charge in [0, 0.05) is 17.5 Å². The quantitative estimate of drug-likeness (QED) is 0.781. The third-order valence-electron chi connectivity index (χ3n) is 3.82. The Morgan fingerprint density at radius 1 is 1.12 bits per heavy atom. The van der Waals surface area contributed by atoms with E-state index in [-0.39, 0.29) is 0 Å². The van der Waals surface area contributed by atoms with E-state index in [0.29, 0.717) is 12.1 Å². The van der Waals surface area contributed by atoms with Crippen LogP contribution < -0.4 is 5.32 Å². The summed E-state index contributed by atoms with van der Waals surface area (Å²) in [5.41, 5.74) is 0. The Kier molecular flexibility index (Phi) is 3.67. The lowest BCUT2D eigenvalue weighted by Gasteiger charge is -2.28.